The molecule has 0 fully saturated rings. The van der Waals surface area contributed by atoms with Crippen LogP contribution in [-0.4, -0.2) is 48.4 Å². The third-order valence-electron chi connectivity index (χ3n) is 12.7. The van der Waals surface area contributed by atoms with Gasteiger partial charge >= 0.3 is 0 Å². The van der Waals surface area contributed by atoms with Crippen LogP contribution < -0.4 is 20.7 Å². The second kappa shape index (κ2) is 10.0. The third kappa shape index (κ3) is 4.66. The zero-order valence-corrected chi connectivity index (χ0v) is 40.6. The molecular weight excluding hydrogens is 697 g/mol. The lowest BCUT2D eigenvalue weighted by molar-refractivity contribution is 0.856. The molecule has 0 saturated carbocycles. The van der Waals surface area contributed by atoms with Crippen LogP contribution in [0.25, 0.3) is 43.5 Å². The van der Waals surface area contributed by atoms with Crippen molar-refractivity contribution < 1.29 is 0 Å². The van der Waals surface area contributed by atoms with Crippen molar-refractivity contribution in [2.45, 2.75) is 130 Å². The zero-order chi connectivity index (χ0) is 36.8. The van der Waals surface area contributed by atoms with Crippen LogP contribution in [0.5, 0.6) is 0 Å². The second-order valence-corrected chi connectivity index (χ2v) is 52.9. The molecule has 0 N–H and O–H groups in total. The smallest absolute Gasteiger partial charge is 0.0730 e. The molecule has 0 aliphatic heterocycles. The summed E-state index contributed by atoms with van der Waals surface area (Å²) < 4.78 is 0. The lowest BCUT2D eigenvalue weighted by Gasteiger charge is -2.57. The van der Waals surface area contributed by atoms with Gasteiger partial charge in [0.15, 0.2) is 0 Å². The molecule has 4 aliphatic carbocycles. The van der Waals surface area contributed by atoms with Crippen LogP contribution in [0.4, 0.5) is 0 Å². The summed E-state index contributed by atoms with van der Waals surface area (Å²) in [5.74, 6) is 0.935. The van der Waals surface area contributed by atoms with Crippen LogP contribution in [-0.2, 0) is 0 Å². The van der Waals surface area contributed by atoms with Crippen molar-refractivity contribution in [1.82, 2.24) is 0 Å². The van der Waals surface area contributed by atoms with Gasteiger partial charge in [-0.2, -0.15) is 0 Å². The zero-order valence-electron chi connectivity index (χ0n) is 34.6. The summed E-state index contributed by atoms with van der Waals surface area (Å²) >= 11 is 0. The van der Waals surface area contributed by atoms with Crippen LogP contribution in [0.3, 0.4) is 0 Å². The summed E-state index contributed by atoms with van der Waals surface area (Å²) in [6.45, 7) is 46.7. The Morgan fingerprint density at radius 3 is 0.820 bits per heavy atom. The van der Waals surface area contributed by atoms with Gasteiger partial charge in [0.05, 0.1) is 48.4 Å². The normalized spacial score (nSPS) is 20.0. The molecule has 9 rings (SSSR count). The first-order valence-corrected chi connectivity index (χ1v) is 40.4. The standard InChI is InChI=1S/C44H62Si6/c1-45(2,3)33-21-27-25-19-29-30(20-26(25)28(27)22-34(33)46(4,5)6)38-37(29)41-39-31-23-35(47(7,8)9)36(48(10,11)12)24-32(31)40(39)42(38)44(50(16,17)18)43(41)49(13,14)15/h19-24,41-42H,1-18H3. The maximum absolute atomic E-state index is 2.76. The van der Waals surface area contributed by atoms with E-state index in [2.05, 4.69) is 154 Å². The van der Waals surface area contributed by atoms with Gasteiger partial charge in [-0.25, -0.2) is 0 Å². The molecule has 0 amide bonds. The lowest BCUT2D eigenvalue weighted by atomic mass is 9.55. The molecule has 5 aromatic rings. The van der Waals surface area contributed by atoms with E-state index < -0.39 is 48.4 Å². The molecule has 50 heavy (non-hydrogen) atoms. The third-order valence-corrected chi connectivity index (χ3v) is 25.9. The van der Waals surface area contributed by atoms with Gasteiger partial charge in [0, 0.05) is 11.8 Å². The molecule has 0 spiro atoms. The number of hydrogen-bond donors (Lipinski definition) is 0. The SMILES string of the molecule is C[Si](C)(C)C1=C([Si](C)(C)C)C2C3=C(c4cc([Si](C)(C)C)c([Si](C)(C)C)cc43)C1c1c2c2cc3c4cc([Si](C)(C)C)c([Si](C)(C)C)cc4c3cc12. The van der Waals surface area contributed by atoms with E-state index in [1.165, 1.54) is 21.5 Å². The monoisotopic (exact) mass is 758 g/mol. The Kier molecular flexibility index (Phi) is 7.06. The number of rotatable bonds is 6. The Morgan fingerprint density at radius 2 is 0.560 bits per heavy atom. The topological polar surface area (TPSA) is 0 Å². The molecule has 0 saturated heterocycles. The predicted molar refractivity (Wildman–Crippen MR) is 246 cm³/mol. The fourth-order valence-electron chi connectivity index (χ4n) is 10.6. The maximum Gasteiger partial charge on any atom is 0.0774 e. The van der Waals surface area contributed by atoms with Crippen molar-refractivity contribution in [3.8, 4) is 0 Å². The number of hydrogen-bond acceptors (Lipinski definition) is 0. The average molecular weight is 759 g/mol. The summed E-state index contributed by atoms with van der Waals surface area (Å²) in [7, 11) is -9.30. The van der Waals surface area contributed by atoms with E-state index in [-0.39, 0.29) is 0 Å². The van der Waals surface area contributed by atoms with Crippen LogP contribution >= 0.6 is 0 Å². The molecule has 0 heterocycles. The highest BCUT2D eigenvalue weighted by Gasteiger charge is 2.57. The molecule has 2 unspecified atom stereocenters. The lowest BCUT2D eigenvalue weighted by Crippen LogP contribution is -2.57. The first-order valence-electron chi connectivity index (χ1n) is 19.4. The summed E-state index contributed by atoms with van der Waals surface area (Å²) in [6, 6.07) is 16.2. The molecule has 2 atom stereocenters. The summed E-state index contributed by atoms with van der Waals surface area (Å²) in [5.41, 5.74) is 10.2. The Hall–Kier alpha value is -1.82. The molecular formula is C44H62Si6. The molecule has 6 heteroatoms. The van der Waals surface area contributed by atoms with Gasteiger partial charge in [-0.1, -0.05) is 173 Å². The molecule has 0 aromatic heterocycles. The van der Waals surface area contributed by atoms with Crippen molar-refractivity contribution >= 4 is 113 Å². The molecule has 0 radical (unpaired) electrons. The minimum Gasteiger partial charge on any atom is -0.0730 e. The average Bonchev–Trinajstić information content (AvgIpc) is 2.90. The number of allylic oxidation sites excluding steroid dienone is 4. The van der Waals surface area contributed by atoms with Crippen LogP contribution in [0.2, 0.25) is 118 Å². The van der Waals surface area contributed by atoms with Crippen molar-refractivity contribution in [2.75, 3.05) is 0 Å². The molecule has 2 bridgehead atoms. The van der Waals surface area contributed by atoms with E-state index >= 15 is 0 Å². The van der Waals surface area contributed by atoms with Crippen molar-refractivity contribution in [2.24, 2.45) is 0 Å². The Balaban J connectivity index is 1.42. The van der Waals surface area contributed by atoms with E-state index in [0.717, 1.165) is 0 Å². The van der Waals surface area contributed by atoms with Gasteiger partial charge in [0.1, 0.15) is 0 Å². The number of fused-ring (bicyclic) bond motifs is 6. The highest BCUT2D eigenvalue weighted by molar-refractivity contribution is 6.99. The maximum atomic E-state index is 2.76. The highest BCUT2D eigenvalue weighted by atomic mass is 28.3. The summed E-state index contributed by atoms with van der Waals surface area (Å²) in [6.07, 6.45) is 0. The van der Waals surface area contributed by atoms with Crippen LogP contribution in [0, 0.1) is 0 Å². The number of benzene rings is 3. The van der Waals surface area contributed by atoms with E-state index in [1.54, 1.807) is 64.9 Å². The minimum absolute atomic E-state index is 0.468. The van der Waals surface area contributed by atoms with Gasteiger partial charge in [0.25, 0.3) is 0 Å². The minimum atomic E-state index is -1.64. The van der Waals surface area contributed by atoms with Crippen molar-refractivity contribution in [1.29, 1.82) is 0 Å². The van der Waals surface area contributed by atoms with E-state index in [1.807, 2.05) is 10.4 Å². The van der Waals surface area contributed by atoms with E-state index in [4.69, 9.17) is 0 Å². The van der Waals surface area contributed by atoms with E-state index in [0.29, 0.717) is 11.8 Å². The Bertz CT molecular complexity index is 2200. The van der Waals surface area contributed by atoms with Gasteiger partial charge in [-0.3, -0.25) is 0 Å². The van der Waals surface area contributed by atoms with Gasteiger partial charge in [-0.05, 0) is 77.9 Å². The van der Waals surface area contributed by atoms with Crippen molar-refractivity contribution in [3.05, 3.63) is 69.0 Å². The second-order valence-electron chi connectivity index (χ2n) is 22.7. The fraction of sp³-hybridized carbons (Fsp3) is 0.455. The Labute approximate surface area is 309 Å². The predicted octanol–water partition coefficient (Wildman–Crippen LogP) is 11.4. The van der Waals surface area contributed by atoms with Gasteiger partial charge in [-0.15, -0.1) is 0 Å². The quantitative estimate of drug-likeness (QED) is 0.151. The molecule has 262 valence electrons. The van der Waals surface area contributed by atoms with Crippen LogP contribution in [0.1, 0.15) is 34.1 Å². The van der Waals surface area contributed by atoms with E-state index in [9.17, 15) is 0 Å². The fourth-order valence-corrected chi connectivity index (χ4v) is 27.3. The van der Waals surface area contributed by atoms with Crippen molar-refractivity contribution in [3.63, 3.8) is 0 Å². The largest absolute Gasteiger partial charge is 0.0774 e. The van der Waals surface area contributed by atoms with Gasteiger partial charge in [0.2, 0.25) is 0 Å². The first-order chi connectivity index (χ1) is 22.6. The van der Waals surface area contributed by atoms with Gasteiger partial charge < -0.3 is 0 Å². The summed E-state index contributed by atoms with van der Waals surface area (Å²) in [5, 5.41) is 20.1. The van der Waals surface area contributed by atoms with Crippen LogP contribution in [0.15, 0.2) is 46.8 Å². The molecule has 5 aromatic carbocycles. The summed E-state index contributed by atoms with van der Waals surface area (Å²) in [4.78, 5) is 0. The first kappa shape index (κ1) is 35.2. The highest BCUT2D eigenvalue weighted by Crippen LogP contribution is 2.71. The molecule has 0 nitrogen and oxygen atoms in total. The Morgan fingerprint density at radius 1 is 0.300 bits per heavy atom. The molecule has 4 aliphatic rings.